The van der Waals surface area contributed by atoms with E-state index in [0.717, 1.165) is 29.2 Å². The van der Waals surface area contributed by atoms with Crippen LogP contribution in [0.25, 0.3) is 5.76 Å². The molecule has 1 fully saturated rings. The predicted octanol–water partition coefficient (Wildman–Crippen LogP) is 4.35. The van der Waals surface area contributed by atoms with Crippen LogP contribution in [0.5, 0.6) is 0 Å². The third-order valence-electron chi connectivity index (χ3n) is 5.40. The van der Waals surface area contributed by atoms with E-state index in [-0.39, 0.29) is 27.8 Å². The Morgan fingerprint density at radius 2 is 1.92 bits per heavy atom. The molecule has 1 unspecified atom stereocenters. The topological polar surface area (TPSA) is 147 Å². The number of carbonyl (C=O) groups excluding carboxylic acids is 3. The van der Waals surface area contributed by atoms with E-state index in [1.54, 1.807) is 26.0 Å². The number of thiazole rings is 1. The number of anilines is 1. The van der Waals surface area contributed by atoms with Crippen molar-refractivity contribution in [1.29, 1.82) is 0 Å². The van der Waals surface area contributed by atoms with Gasteiger partial charge in [0.05, 0.1) is 17.3 Å². The Hall–Kier alpha value is -4.71. The molecule has 10 nitrogen and oxygen atoms in total. The predicted molar refractivity (Wildman–Crippen MR) is 141 cm³/mol. The van der Waals surface area contributed by atoms with Gasteiger partial charge >= 0.3 is 11.9 Å². The zero-order chi connectivity index (χ0) is 28.9. The molecule has 1 atom stereocenters. The molecular weight excluding hydrogens is 529 g/mol. The van der Waals surface area contributed by atoms with Gasteiger partial charge in [-0.25, -0.2) is 14.2 Å². The van der Waals surface area contributed by atoms with Crippen molar-refractivity contribution in [1.82, 2.24) is 9.97 Å². The Morgan fingerprint density at radius 1 is 1.23 bits per heavy atom. The van der Waals surface area contributed by atoms with Crippen LogP contribution in [0.1, 0.15) is 45.0 Å². The number of halogens is 1. The number of aliphatic hydroxyl groups excluding tert-OH is 1. The molecule has 0 saturated carbocycles. The van der Waals surface area contributed by atoms with E-state index in [2.05, 4.69) is 16.5 Å². The first-order valence-electron chi connectivity index (χ1n) is 11.4. The Bertz CT molecular complexity index is 1480. The Kier molecular flexibility index (Phi) is 9.04. The van der Waals surface area contributed by atoms with Gasteiger partial charge in [-0.1, -0.05) is 42.2 Å². The summed E-state index contributed by atoms with van der Waals surface area (Å²) in [6, 6.07) is 6.18. The van der Waals surface area contributed by atoms with Crippen LogP contribution < -0.4 is 4.90 Å². The van der Waals surface area contributed by atoms with Crippen LogP contribution in [0, 0.1) is 19.7 Å². The molecule has 1 saturated heterocycles. The highest BCUT2D eigenvalue weighted by molar-refractivity contribution is 7.17. The number of nitrogens with zero attached hydrogens (tertiary/aromatic N) is 3. The van der Waals surface area contributed by atoms with Crippen molar-refractivity contribution < 1.29 is 38.5 Å². The van der Waals surface area contributed by atoms with Crippen LogP contribution in [-0.4, -0.2) is 50.4 Å². The Labute approximate surface area is 226 Å². The van der Waals surface area contributed by atoms with Crippen molar-refractivity contribution in [2.24, 2.45) is 0 Å². The molecule has 2 N–H and O–H groups in total. The van der Waals surface area contributed by atoms with E-state index >= 15 is 0 Å². The summed E-state index contributed by atoms with van der Waals surface area (Å²) in [6.45, 7) is 7.73. The summed E-state index contributed by atoms with van der Waals surface area (Å²) in [7, 11) is 0. The molecule has 1 aliphatic rings. The number of aliphatic carboxylic acids is 1. The lowest BCUT2D eigenvalue weighted by Gasteiger charge is -2.22. The van der Waals surface area contributed by atoms with E-state index in [1.165, 1.54) is 30.6 Å². The number of Topliss-reactive ketones (excluding diaryl/α,β-unsaturated/α-hetero) is 1. The summed E-state index contributed by atoms with van der Waals surface area (Å²) in [5.74, 6) is -4.50. The number of amides is 1. The van der Waals surface area contributed by atoms with Gasteiger partial charge in [-0.15, -0.1) is 0 Å². The van der Waals surface area contributed by atoms with Gasteiger partial charge in [0, 0.05) is 24.9 Å². The number of aliphatic hydroxyl groups is 1. The van der Waals surface area contributed by atoms with E-state index in [0.29, 0.717) is 16.8 Å². The maximum Gasteiger partial charge on any atom is 0.350 e. The summed E-state index contributed by atoms with van der Waals surface area (Å²) < 4.78 is 19.3. The van der Waals surface area contributed by atoms with Crippen LogP contribution in [-0.2, 0) is 19.1 Å². The van der Waals surface area contributed by atoms with Gasteiger partial charge in [-0.3, -0.25) is 24.3 Å². The lowest BCUT2D eigenvalue weighted by Crippen LogP contribution is -2.29. The van der Waals surface area contributed by atoms with Gasteiger partial charge < -0.3 is 14.9 Å². The smallest absolute Gasteiger partial charge is 0.350 e. The van der Waals surface area contributed by atoms with E-state index < -0.39 is 41.2 Å². The fourth-order valence-corrected chi connectivity index (χ4v) is 4.64. The van der Waals surface area contributed by atoms with Crippen molar-refractivity contribution in [2.45, 2.75) is 26.8 Å². The Morgan fingerprint density at radius 3 is 2.51 bits per heavy atom. The number of hydrogen-bond donors (Lipinski definition) is 2. The van der Waals surface area contributed by atoms with Crippen molar-refractivity contribution in [3.8, 4) is 0 Å². The third kappa shape index (κ3) is 6.24. The molecule has 0 bridgehead atoms. The van der Waals surface area contributed by atoms with Gasteiger partial charge in [0.1, 0.15) is 23.1 Å². The van der Waals surface area contributed by atoms with Gasteiger partial charge in [0.25, 0.3) is 11.8 Å². The second-order valence-electron chi connectivity index (χ2n) is 8.24. The summed E-state index contributed by atoms with van der Waals surface area (Å²) >= 11 is 0.882. The minimum atomic E-state index is -1.10. The highest BCUT2D eigenvalue weighted by Crippen LogP contribution is 2.43. The van der Waals surface area contributed by atoms with E-state index in [1.807, 2.05) is 0 Å². The molecule has 3 aromatic rings. The average molecular weight is 554 g/mol. The van der Waals surface area contributed by atoms with E-state index in [9.17, 15) is 23.9 Å². The molecule has 39 heavy (non-hydrogen) atoms. The zero-order valence-electron chi connectivity index (χ0n) is 21.2. The quantitative estimate of drug-likeness (QED) is 0.149. The maximum atomic E-state index is 14.2. The highest BCUT2D eigenvalue weighted by Gasteiger charge is 2.48. The standard InChI is InChI=1S/C25H20FN3O5S.C2H4O2/c1-4-10-34-24(33)22-14(3)28-25(35-22)29-19(16-6-5-9-27-12-16)18(21(31)23(29)32)20(30)15-8-7-13(2)17(26)11-15;1-2(3)4/h4-9,11-12,19,30H,1,10H2,2-3H3;1H3,(H,3,4)/b20-18+;. The number of benzene rings is 1. The molecule has 1 aliphatic heterocycles. The Balaban J connectivity index is 0.000000983. The normalized spacial score (nSPS) is 15.9. The molecule has 0 spiro atoms. The van der Waals surface area contributed by atoms with Gasteiger partial charge in [-0.2, -0.15) is 0 Å². The number of hydrogen-bond acceptors (Lipinski definition) is 9. The molecule has 2 aromatic heterocycles. The zero-order valence-corrected chi connectivity index (χ0v) is 22.0. The number of carboxylic acids is 1. The minimum absolute atomic E-state index is 0.00118. The fraction of sp³-hybridized carbons (Fsp3) is 0.185. The molecule has 1 amide bonds. The first kappa shape index (κ1) is 28.9. The summed E-state index contributed by atoms with van der Waals surface area (Å²) in [5, 5.41) is 18.5. The number of carboxylic acid groups (broad SMARTS) is 1. The largest absolute Gasteiger partial charge is 0.507 e. The van der Waals surface area contributed by atoms with Crippen LogP contribution in [0.3, 0.4) is 0 Å². The first-order valence-corrected chi connectivity index (χ1v) is 12.2. The molecule has 3 heterocycles. The molecule has 1 aromatic carbocycles. The molecule has 202 valence electrons. The third-order valence-corrected chi connectivity index (χ3v) is 6.54. The molecule has 12 heteroatoms. The summed E-state index contributed by atoms with van der Waals surface area (Å²) in [5.41, 5.74) is 0.898. The lowest BCUT2D eigenvalue weighted by molar-refractivity contribution is -0.134. The van der Waals surface area contributed by atoms with Crippen LogP contribution in [0.4, 0.5) is 9.52 Å². The van der Waals surface area contributed by atoms with Crippen molar-refractivity contribution in [2.75, 3.05) is 11.5 Å². The number of pyridine rings is 1. The maximum absolute atomic E-state index is 14.2. The van der Waals surface area contributed by atoms with Gasteiger partial charge in [0.2, 0.25) is 0 Å². The summed E-state index contributed by atoms with van der Waals surface area (Å²) in [6.07, 6.45) is 4.39. The lowest BCUT2D eigenvalue weighted by atomic mass is 9.96. The number of aryl methyl sites for hydroxylation is 2. The minimum Gasteiger partial charge on any atom is -0.507 e. The van der Waals surface area contributed by atoms with Crippen LogP contribution >= 0.6 is 11.3 Å². The van der Waals surface area contributed by atoms with Crippen molar-refractivity contribution in [3.63, 3.8) is 0 Å². The SMILES string of the molecule is C=CCOC(=O)c1sc(N2C(=O)C(=O)/C(=C(/O)c3ccc(C)c(F)c3)C2c2cccnc2)nc1C.CC(=O)O. The number of ketones is 1. The summed E-state index contributed by atoms with van der Waals surface area (Å²) in [4.78, 5) is 57.4. The number of esters is 1. The number of carbonyl (C=O) groups is 4. The number of rotatable bonds is 6. The average Bonchev–Trinajstić information content (AvgIpc) is 3.40. The second-order valence-corrected chi connectivity index (χ2v) is 9.21. The van der Waals surface area contributed by atoms with Crippen LogP contribution in [0.15, 0.2) is 61.0 Å². The highest BCUT2D eigenvalue weighted by atomic mass is 32.1. The van der Waals surface area contributed by atoms with Crippen molar-refractivity contribution >= 4 is 45.9 Å². The monoisotopic (exact) mass is 553 g/mol. The number of aromatic nitrogens is 2. The van der Waals surface area contributed by atoms with Gasteiger partial charge in [-0.05, 0) is 37.1 Å². The second kappa shape index (κ2) is 12.2. The molecular formula is C27H24FN3O7S. The van der Waals surface area contributed by atoms with E-state index in [4.69, 9.17) is 14.6 Å². The molecule has 4 rings (SSSR count). The van der Waals surface area contributed by atoms with Crippen LogP contribution in [0.2, 0.25) is 0 Å². The fourth-order valence-electron chi connectivity index (χ4n) is 3.65. The number of ether oxygens (including phenoxy) is 1. The van der Waals surface area contributed by atoms with Crippen molar-refractivity contribution in [3.05, 3.63) is 94.0 Å². The molecule has 0 radical (unpaired) electrons. The first-order chi connectivity index (χ1) is 18.5. The van der Waals surface area contributed by atoms with Gasteiger partial charge in [0.15, 0.2) is 5.13 Å². The molecule has 0 aliphatic carbocycles.